The van der Waals surface area contributed by atoms with Crippen LogP contribution in [0.1, 0.15) is 23.9 Å². The van der Waals surface area contributed by atoms with Gasteiger partial charge in [0, 0.05) is 23.2 Å². The lowest BCUT2D eigenvalue weighted by molar-refractivity contribution is 0.281. The van der Waals surface area contributed by atoms with Crippen LogP contribution < -0.4 is 0 Å². The van der Waals surface area contributed by atoms with Crippen molar-refractivity contribution in [1.29, 1.82) is 10.5 Å². The van der Waals surface area contributed by atoms with Crippen LogP contribution in [0.2, 0.25) is 0 Å². The van der Waals surface area contributed by atoms with E-state index in [4.69, 9.17) is 5.26 Å². The molecule has 0 radical (unpaired) electrons. The summed E-state index contributed by atoms with van der Waals surface area (Å²) in [6.45, 7) is 0.809. The van der Waals surface area contributed by atoms with Crippen LogP contribution in [-0.2, 0) is 0 Å². The third-order valence-electron chi connectivity index (χ3n) is 4.45. The Kier molecular flexibility index (Phi) is 3.97. The molecule has 0 bridgehead atoms. The van der Waals surface area contributed by atoms with E-state index in [1.54, 1.807) is 11.2 Å². The van der Waals surface area contributed by atoms with Crippen molar-refractivity contribution < 1.29 is 0 Å². The number of rotatable bonds is 3. The first kappa shape index (κ1) is 15.4. The quantitative estimate of drug-likeness (QED) is 0.666. The molecule has 1 aromatic carbocycles. The molecule has 1 aliphatic heterocycles. The molecule has 1 fully saturated rings. The standard InChI is InChI=1S/C19H15N5S/c20-10-16-6-7-18(25-16)15-4-1-3-14(9-15)17-11-24(13-22-17)19-5-2-8-23(19)12-21/h1,3-4,6-7,9,11,13,19H,2,5,8H2. The van der Waals surface area contributed by atoms with Crippen LogP contribution in [0.15, 0.2) is 48.9 Å². The smallest absolute Gasteiger partial charge is 0.181 e. The lowest BCUT2D eigenvalue weighted by Gasteiger charge is -2.19. The van der Waals surface area contributed by atoms with Gasteiger partial charge in [-0.3, -0.25) is 4.90 Å². The Hall–Kier alpha value is -3.09. The lowest BCUT2D eigenvalue weighted by atomic mass is 10.1. The lowest BCUT2D eigenvalue weighted by Crippen LogP contribution is -2.21. The average Bonchev–Trinajstić information content (AvgIpc) is 3.41. The van der Waals surface area contributed by atoms with Gasteiger partial charge in [-0.2, -0.15) is 10.5 Å². The maximum atomic E-state index is 9.23. The van der Waals surface area contributed by atoms with Gasteiger partial charge in [0.1, 0.15) is 17.1 Å². The predicted molar refractivity (Wildman–Crippen MR) is 96.3 cm³/mol. The highest BCUT2D eigenvalue weighted by Gasteiger charge is 2.25. The molecule has 3 heterocycles. The molecule has 6 heteroatoms. The molecule has 1 saturated heterocycles. The molecule has 2 aromatic heterocycles. The van der Waals surface area contributed by atoms with Crippen LogP contribution in [-0.4, -0.2) is 21.0 Å². The topological polar surface area (TPSA) is 68.6 Å². The van der Waals surface area contributed by atoms with Gasteiger partial charge in [0.2, 0.25) is 0 Å². The Bertz CT molecular complexity index is 988. The Morgan fingerprint density at radius 2 is 2.04 bits per heavy atom. The number of aromatic nitrogens is 2. The fourth-order valence-corrected chi connectivity index (χ4v) is 4.01. The second-order valence-electron chi connectivity index (χ2n) is 5.98. The third-order valence-corrected chi connectivity index (χ3v) is 5.49. The minimum Gasteiger partial charge on any atom is -0.315 e. The van der Waals surface area contributed by atoms with Crippen molar-refractivity contribution in [2.24, 2.45) is 0 Å². The van der Waals surface area contributed by atoms with E-state index in [0.717, 1.165) is 41.1 Å². The second kappa shape index (κ2) is 6.43. The second-order valence-corrected chi connectivity index (χ2v) is 7.06. The molecule has 0 spiro atoms. The summed E-state index contributed by atoms with van der Waals surface area (Å²) in [5, 5.41) is 18.2. The molecule has 0 N–H and O–H groups in total. The first-order chi connectivity index (χ1) is 12.3. The first-order valence-corrected chi connectivity index (χ1v) is 8.91. The zero-order valence-electron chi connectivity index (χ0n) is 13.5. The molecule has 1 atom stereocenters. The van der Waals surface area contributed by atoms with E-state index in [1.165, 1.54) is 11.3 Å². The Morgan fingerprint density at radius 3 is 2.84 bits per heavy atom. The number of nitriles is 2. The highest BCUT2D eigenvalue weighted by molar-refractivity contribution is 7.16. The molecule has 3 aromatic rings. The van der Waals surface area contributed by atoms with E-state index >= 15 is 0 Å². The van der Waals surface area contributed by atoms with Gasteiger partial charge < -0.3 is 4.57 Å². The molecule has 0 saturated carbocycles. The van der Waals surface area contributed by atoms with Gasteiger partial charge >= 0.3 is 0 Å². The fourth-order valence-electron chi connectivity index (χ4n) is 3.21. The summed E-state index contributed by atoms with van der Waals surface area (Å²) in [6, 6.07) is 14.2. The molecule has 1 aliphatic rings. The third kappa shape index (κ3) is 2.88. The Morgan fingerprint density at radius 1 is 1.16 bits per heavy atom. The molecule has 0 amide bonds. The number of likely N-dealkylation sites (tertiary alicyclic amines) is 1. The summed E-state index contributed by atoms with van der Waals surface area (Å²) >= 11 is 1.49. The maximum Gasteiger partial charge on any atom is 0.181 e. The number of imidazole rings is 1. The summed E-state index contributed by atoms with van der Waals surface area (Å²) in [7, 11) is 0. The van der Waals surface area contributed by atoms with Crippen molar-refractivity contribution in [3.63, 3.8) is 0 Å². The predicted octanol–water partition coefficient (Wildman–Crippen LogP) is 4.23. The van der Waals surface area contributed by atoms with Crippen molar-refractivity contribution >= 4 is 11.3 Å². The van der Waals surface area contributed by atoms with E-state index in [-0.39, 0.29) is 6.17 Å². The minimum absolute atomic E-state index is 0.0740. The van der Waals surface area contributed by atoms with Crippen LogP contribution in [0.5, 0.6) is 0 Å². The number of nitrogens with zero attached hydrogens (tertiary/aromatic N) is 5. The Balaban J connectivity index is 1.64. The monoisotopic (exact) mass is 345 g/mol. The summed E-state index contributed by atoms with van der Waals surface area (Å²) in [4.78, 5) is 8.12. The number of hydrogen-bond acceptors (Lipinski definition) is 5. The van der Waals surface area contributed by atoms with Crippen molar-refractivity contribution in [3.8, 4) is 34.0 Å². The van der Waals surface area contributed by atoms with Gasteiger partial charge in [0.25, 0.3) is 0 Å². The summed E-state index contributed by atoms with van der Waals surface area (Å²) in [5.74, 6) is 0. The highest BCUT2D eigenvalue weighted by atomic mass is 32.1. The highest BCUT2D eigenvalue weighted by Crippen LogP contribution is 2.32. The normalized spacial score (nSPS) is 16.6. The van der Waals surface area contributed by atoms with Gasteiger partial charge in [-0.05, 0) is 36.6 Å². The van der Waals surface area contributed by atoms with Crippen LogP contribution in [0.25, 0.3) is 21.7 Å². The van der Waals surface area contributed by atoms with Gasteiger partial charge in [0.05, 0.1) is 12.0 Å². The first-order valence-electron chi connectivity index (χ1n) is 8.09. The SMILES string of the molecule is N#Cc1ccc(-c2cccc(-c3cn(C4CCCN4C#N)cn3)c2)s1. The van der Waals surface area contributed by atoms with Gasteiger partial charge in [-0.25, -0.2) is 4.98 Å². The molecule has 0 aliphatic carbocycles. The van der Waals surface area contributed by atoms with Crippen LogP contribution in [0.4, 0.5) is 0 Å². The molecular formula is C19H15N5S. The zero-order valence-corrected chi connectivity index (χ0v) is 14.3. The number of benzene rings is 1. The molecule has 122 valence electrons. The van der Waals surface area contributed by atoms with E-state index in [1.807, 2.05) is 41.1 Å². The van der Waals surface area contributed by atoms with Crippen LogP contribution in [0, 0.1) is 22.8 Å². The summed E-state index contributed by atoms with van der Waals surface area (Å²) in [6.07, 6.45) is 8.15. The summed E-state index contributed by atoms with van der Waals surface area (Å²) < 4.78 is 2.02. The van der Waals surface area contributed by atoms with Gasteiger partial charge in [-0.15, -0.1) is 11.3 Å². The van der Waals surface area contributed by atoms with Crippen LogP contribution in [0.3, 0.4) is 0 Å². The molecule has 4 rings (SSSR count). The zero-order chi connectivity index (χ0) is 17.2. The summed E-state index contributed by atoms with van der Waals surface area (Å²) in [5.41, 5.74) is 3.01. The van der Waals surface area contributed by atoms with E-state index in [2.05, 4.69) is 23.3 Å². The van der Waals surface area contributed by atoms with Crippen molar-refractivity contribution in [1.82, 2.24) is 14.5 Å². The minimum atomic E-state index is 0.0740. The molecule has 25 heavy (non-hydrogen) atoms. The van der Waals surface area contributed by atoms with Crippen molar-refractivity contribution in [2.75, 3.05) is 6.54 Å². The molecular weight excluding hydrogens is 330 g/mol. The number of thiophene rings is 1. The van der Waals surface area contributed by atoms with Crippen molar-refractivity contribution in [3.05, 3.63) is 53.8 Å². The van der Waals surface area contributed by atoms with E-state index in [9.17, 15) is 5.26 Å². The van der Waals surface area contributed by atoms with Crippen molar-refractivity contribution in [2.45, 2.75) is 19.0 Å². The Labute approximate surface area is 150 Å². The maximum absolute atomic E-state index is 9.23. The molecule has 5 nitrogen and oxygen atoms in total. The van der Waals surface area contributed by atoms with Crippen LogP contribution >= 0.6 is 11.3 Å². The average molecular weight is 345 g/mol. The van der Waals surface area contributed by atoms with E-state index in [0.29, 0.717) is 4.88 Å². The van der Waals surface area contributed by atoms with Gasteiger partial charge in [0.15, 0.2) is 6.19 Å². The van der Waals surface area contributed by atoms with Gasteiger partial charge in [-0.1, -0.05) is 18.2 Å². The molecule has 1 unspecified atom stereocenters. The number of hydrogen-bond donors (Lipinski definition) is 0. The fraction of sp³-hybridized carbons (Fsp3) is 0.211. The largest absolute Gasteiger partial charge is 0.315 e. The van der Waals surface area contributed by atoms with E-state index < -0.39 is 0 Å².